The lowest BCUT2D eigenvalue weighted by Crippen LogP contribution is -2.27. The van der Waals surface area contributed by atoms with Crippen molar-refractivity contribution < 1.29 is 9.13 Å². The highest BCUT2D eigenvalue weighted by Crippen LogP contribution is 2.27. The van der Waals surface area contributed by atoms with Gasteiger partial charge in [-0.05, 0) is 44.7 Å². The number of halogens is 1. The molecule has 0 aliphatic carbocycles. The van der Waals surface area contributed by atoms with E-state index in [1.807, 2.05) is 19.9 Å². The lowest BCUT2D eigenvalue weighted by Gasteiger charge is -2.26. The molecule has 0 saturated heterocycles. The van der Waals surface area contributed by atoms with Crippen molar-refractivity contribution in [1.29, 1.82) is 0 Å². The molecule has 0 fully saturated rings. The first kappa shape index (κ1) is 14.0. The van der Waals surface area contributed by atoms with Gasteiger partial charge < -0.3 is 4.74 Å². The smallest absolute Gasteiger partial charge is 0.126 e. The predicted octanol–water partition coefficient (Wildman–Crippen LogP) is 4.74. The van der Waals surface area contributed by atoms with Crippen molar-refractivity contribution in [1.82, 2.24) is 0 Å². The van der Waals surface area contributed by atoms with Crippen LogP contribution in [0.25, 0.3) is 0 Å². The third-order valence-electron chi connectivity index (χ3n) is 3.07. The molecule has 0 radical (unpaired) electrons. The van der Waals surface area contributed by atoms with Crippen LogP contribution >= 0.6 is 0 Å². The maximum absolute atomic E-state index is 13.3. The van der Waals surface area contributed by atoms with Crippen molar-refractivity contribution in [2.24, 2.45) is 0 Å². The van der Waals surface area contributed by atoms with Crippen LogP contribution in [0.1, 0.15) is 52.5 Å². The van der Waals surface area contributed by atoms with E-state index in [-0.39, 0.29) is 11.4 Å². The standard InChI is InChI=1S/C15H23FO/c1-5-7-8-12-9-10-13(16)11-14(12)17-15(3,4)6-2/h9-11H,5-8H2,1-4H3. The molecule has 0 unspecified atom stereocenters. The fourth-order valence-electron chi connectivity index (χ4n) is 1.57. The summed E-state index contributed by atoms with van der Waals surface area (Å²) >= 11 is 0. The molecule has 0 aliphatic rings. The van der Waals surface area contributed by atoms with Crippen LogP contribution in [0, 0.1) is 5.82 Å². The third kappa shape index (κ3) is 4.37. The number of hydrogen-bond donors (Lipinski definition) is 0. The van der Waals surface area contributed by atoms with E-state index in [1.54, 1.807) is 0 Å². The molecule has 17 heavy (non-hydrogen) atoms. The molecule has 1 aromatic rings. The number of hydrogen-bond acceptors (Lipinski definition) is 1. The Morgan fingerprint density at radius 2 is 1.94 bits per heavy atom. The van der Waals surface area contributed by atoms with Gasteiger partial charge in [0, 0.05) is 6.07 Å². The van der Waals surface area contributed by atoms with Gasteiger partial charge in [0.15, 0.2) is 0 Å². The van der Waals surface area contributed by atoms with Crippen LogP contribution < -0.4 is 4.74 Å². The molecule has 0 bridgehead atoms. The van der Waals surface area contributed by atoms with E-state index < -0.39 is 0 Å². The first-order valence-corrected chi connectivity index (χ1v) is 6.46. The highest BCUT2D eigenvalue weighted by Gasteiger charge is 2.18. The number of ether oxygens (including phenoxy) is 1. The fourth-order valence-corrected chi connectivity index (χ4v) is 1.57. The Kier molecular flexibility index (Phi) is 4.98. The molecule has 0 aliphatic heterocycles. The van der Waals surface area contributed by atoms with Crippen molar-refractivity contribution in [3.63, 3.8) is 0 Å². The van der Waals surface area contributed by atoms with Gasteiger partial charge in [-0.2, -0.15) is 0 Å². The average molecular weight is 238 g/mol. The Bertz CT molecular complexity index is 358. The molecule has 0 amide bonds. The van der Waals surface area contributed by atoms with Gasteiger partial charge in [0.25, 0.3) is 0 Å². The molecular weight excluding hydrogens is 215 g/mol. The summed E-state index contributed by atoms with van der Waals surface area (Å²) in [4.78, 5) is 0. The van der Waals surface area contributed by atoms with Crippen molar-refractivity contribution >= 4 is 0 Å². The summed E-state index contributed by atoms with van der Waals surface area (Å²) in [6.45, 7) is 8.29. The number of rotatable bonds is 6. The van der Waals surface area contributed by atoms with Gasteiger partial charge >= 0.3 is 0 Å². The normalized spacial score (nSPS) is 11.6. The molecule has 0 saturated carbocycles. The Morgan fingerprint density at radius 3 is 2.53 bits per heavy atom. The molecule has 1 aromatic carbocycles. The lowest BCUT2D eigenvalue weighted by molar-refractivity contribution is 0.103. The summed E-state index contributed by atoms with van der Waals surface area (Å²) in [5.41, 5.74) is 0.865. The van der Waals surface area contributed by atoms with E-state index in [2.05, 4.69) is 13.8 Å². The summed E-state index contributed by atoms with van der Waals surface area (Å²) in [5.74, 6) is 0.470. The van der Waals surface area contributed by atoms with Crippen LogP contribution in [-0.2, 0) is 6.42 Å². The minimum Gasteiger partial charge on any atom is -0.487 e. The average Bonchev–Trinajstić information content (AvgIpc) is 2.28. The predicted molar refractivity (Wildman–Crippen MR) is 70.0 cm³/mol. The molecule has 1 nitrogen and oxygen atoms in total. The first-order chi connectivity index (χ1) is 7.98. The molecule has 1 rings (SSSR count). The Morgan fingerprint density at radius 1 is 1.24 bits per heavy atom. The summed E-state index contributed by atoms with van der Waals surface area (Å²) in [7, 11) is 0. The van der Waals surface area contributed by atoms with E-state index >= 15 is 0 Å². The second kappa shape index (κ2) is 6.04. The van der Waals surface area contributed by atoms with Gasteiger partial charge in [-0.15, -0.1) is 0 Å². The highest BCUT2D eigenvalue weighted by atomic mass is 19.1. The Labute approximate surface area is 104 Å². The van der Waals surface area contributed by atoms with Gasteiger partial charge in [-0.1, -0.05) is 26.3 Å². The Hall–Kier alpha value is -1.05. The van der Waals surface area contributed by atoms with Crippen molar-refractivity contribution in [3.05, 3.63) is 29.6 Å². The van der Waals surface area contributed by atoms with Gasteiger partial charge in [0.2, 0.25) is 0 Å². The van der Waals surface area contributed by atoms with E-state index in [9.17, 15) is 4.39 Å². The van der Waals surface area contributed by atoms with Crippen LogP contribution in [-0.4, -0.2) is 5.60 Å². The SMILES string of the molecule is CCCCc1ccc(F)cc1OC(C)(C)CC. The molecule has 96 valence electrons. The lowest BCUT2D eigenvalue weighted by atomic mass is 10.0. The molecule has 2 heteroatoms. The zero-order valence-electron chi connectivity index (χ0n) is 11.3. The van der Waals surface area contributed by atoms with Crippen LogP contribution in [0.2, 0.25) is 0 Å². The molecule has 0 heterocycles. The maximum atomic E-state index is 13.3. The summed E-state index contributed by atoms with van der Waals surface area (Å²) in [6, 6.07) is 4.85. The zero-order valence-corrected chi connectivity index (χ0v) is 11.3. The van der Waals surface area contributed by atoms with E-state index in [1.165, 1.54) is 12.1 Å². The van der Waals surface area contributed by atoms with E-state index in [0.717, 1.165) is 31.2 Å². The fraction of sp³-hybridized carbons (Fsp3) is 0.600. The van der Waals surface area contributed by atoms with Crippen molar-refractivity contribution in [3.8, 4) is 5.75 Å². The zero-order chi connectivity index (χ0) is 12.9. The summed E-state index contributed by atoms with van der Waals surface area (Å²) in [5, 5.41) is 0. The second-order valence-corrected chi connectivity index (χ2v) is 5.07. The Balaban J connectivity index is 2.90. The topological polar surface area (TPSA) is 9.23 Å². The quantitative estimate of drug-likeness (QED) is 0.695. The number of benzene rings is 1. The number of unbranched alkanes of at least 4 members (excludes halogenated alkanes) is 1. The highest BCUT2D eigenvalue weighted by molar-refractivity contribution is 5.34. The van der Waals surface area contributed by atoms with Gasteiger partial charge in [-0.3, -0.25) is 0 Å². The molecular formula is C15H23FO. The molecule has 0 aromatic heterocycles. The van der Waals surface area contributed by atoms with Crippen molar-refractivity contribution in [2.75, 3.05) is 0 Å². The molecule has 0 spiro atoms. The molecule has 0 N–H and O–H groups in total. The minimum absolute atomic E-state index is 0.229. The maximum Gasteiger partial charge on any atom is 0.126 e. The number of aryl methyl sites for hydroxylation is 1. The van der Waals surface area contributed by atoms with Gasteiger partial charge in [0.05, 0.1) is 0 Å². The summed E-state index contributed by atoms with van der Waals surface area (Å²) < 4.78 is 19.2. The van der Waals surface area contributed by atoms with E-state index in [4.69, 9.17) is 4.74 Å². The minimum atomic E-state index is -0.241. The van der Waals surface area contributed by atoms with Crippen LogP contribution in [0.4, 0.5) is 4.39 Å². The van der Waals surface area contributed by atoms with Gasteiger partial charge in [-0.25, -0.2) is 4.39 Å². The van der Waals surface area contributed by atoms with Crippen LogP contribution in [0.5, 0.6) is 5.75 Å². The van der Waals surface area contributed by atoms with E-state index in [0.29, 0.717) is 5.75 Å². The van der Waals surface area contributed by atoms with Crippen LogP contribution in [0.3, 0.4) is 0 Å². The second-order valence-electron chi connectivity index (χ2n) is 5.07. The first-order valence-electron chi connectivity index (χ1n) is 6.46. The summed E-state index contributed by atoms with van der Waals surface area (Å²) in [6.07, 6.45) is 4.09. The van der Waals surface area contributed by atoms with Crippen LogP contribution in [0.15, 0.2) is 18.2 Å². The monoisotopic (exact) mass is 238 g/mol. The van der Waals surface area contributed by atoms with Crippen molar-refractivity contribution in [2.45, 2.75) is 59.0 Å². The molecule has 0 atom stereocenters. The van der Waals surface area contributed by atoms with Gasteiger partial charge in [0.1, 0.15) is 17.2 Å². The largest absolute Gasteiger partial charge is 0.487 e. The third-order valence-corrected chi connectivity index (χ3v) is 3.07.